The van der Waals surface area contributed by atoms with Crippen LogP contribution in [0.1, 0.15) is 46.1 Å². The van der Waals surface area contributed by atoms with E-state index in [0.717, 1.165) is 18.7 Å². The number of H-pyrrole nitrogens is 2. The van der Waals surface area contributed by atoms with Crippen LogP contribution in [-0.4, -0.2) is 38.8 Å². The van der Waals surface area contributed by atoms with Gasteiger partial charge in [0.1, 0.15) is 17.5 Å². The zero-order chi connectivity index (χ0) is 16.4. The van der Waals surface area contributed by atoms with Crippen molar-refractivity contribution in [2.75, 3.05) is 13.1 Å². The molecule has 1 aliphatic heterocycles. The highest BCUT2D eigenvalue weighted by atomic mass is 16.2. The van der Waals surface area contributed by atoms with Gasteiger partial charge in [-0.1, -0.05) is 0 Å². The van der Waals surface area contributed by atoms with Crippen molar-refractivity contribution >= 4 is 5.91 Å². The number of nitrogens with zero attached hydrogens (tertiary/aromatic N) is 3. The SMILES string of the molecule is Cc1c(C(=O)N2CCC[C@@H](c3ncc[nH]3)C2)c[nH]c(=O)c1C#N. The van der Waals surface area contributed by atoms with Crippen LogP contribution >= 0.6 is 0 Å². The monoisotopic (exact) mass is 311 g/mol. The number of aromatic nitrogens is 3. The van der Waals surface area contributed by atoms with E-state index in [4.69, 9.17) is 5.26 Å². The standard InChI is InChI=1S/C16H17N5O2/c1-10-12(7-17)15(22)20-8-13(10)16(23)21-6-2-3-11(9-21)14-18-4-5-19-14/h4-5,8,11H,2-3,6,9H2,1H3,(H,18,19)(H,20,22)/t11-/m1/s1. The third-order valence-electron chi connectivity index (χ3n) is 4.31. The summed E-state index contributed by atoms with van der Waals surface area (Å²) in [6, 6.07) is 1.86. The summed E-state index contributed by atoms with van der Waals surface area (Å²) in [7, 11) is 0. The van der Waals surface area contributed by atoms with Gasteiger partial charge in [-0.15, -0.1) is 0 Å². The first kappa shape index (κ1) is 15.0. The zero-order valence-electron chi connectivity index (χ0n) is 12.8. The lowest BCUT2D eigenvalue weighted by Gasteiger charge is -2.32. The average Bonchev–Trinajstić information content (AvgIpc) is 3.09. The molecule has 118 valence electrons. The van der Waals surface area contributed by atoms with Crippen molar-refractivity contribution in [3.8, 4) is 6.07 Å². The molecule has 3 rings (SSSR count). The highest BCUT2D eigenvalue weighted by Gasteiger charge is 2.28. The van der Waals surface area contributed by atoms with E-state index in [2.05, 4.69) is 15.0 Å². The zero-order valence-corrected chi connectivity index (χ0v) is 12.8. The van der Waals surface area contributed by atoms with Crippen molar-refractivity contribution in [3.05, 3.63) is 51.5 Å². The lowest BCUT2D eigenvalue weighted by Crippen LogP contribution is -2.40. The second-order valence-corrected chi connectivity index (χ2v) is 5.71. The first-order chi connectivity index (χ1) is 11.1. The number of pyridine rings is 1. The number of rotatable bonds is 2. The molecule has 0 unspecified atom stereocenters. The van der Waals surface area contributed by atoms with Gasteiger partial charge in [0.25, 0.3) is 11.5 Å². The maximum atomic E-state index is 12.8. The fourth-order valence-corrected chi connectivity index (χ4v) is 3.04. The fourth-order valence-electron chi connectivity index (χ4n) is 3.04. The van der Waals surface area contributed by atoms with Crippen molar-refractivity contribution in [2.45, 2.75) is 25.7 Å². The number of aromatic amines is 2. The van der Waals surface area contributed by atoms with E-state index in [1.165, 1.54) is 6.20 Å². The molecule has 1 amide bonds. The third-order valence-corrected chi connectivity index (χ3v) is 4.31. The van der Waals surface area contributed by atoms with E-state index < -0.39 is 5.56 Å². The molecule has 0 spiro atoms. The maximum absolute atomic E-state index is 12.8. The van der Waals surface area contributed by atoms with Gasteiger partial charge in [-0.25, -0.2) is 4.98 Å². The molecule has 2 N–H and O–H groups in total. The van der Waals surface area contributed by atoms with E-state index >= 15 is 0 Å². The first-order valence-corrected chi connectivity index (χ1v) is 7.52. The van der Waals surface area contributed by atoms with Gasteiger partial charge >= 0.3 is 0 Å². The van der Waals surface area contributed by atoms with Crippen LogP contribution < -0.4 is 5.56 Å². The largest absolute Gasteiger partial charge is 0.348 e. The van der Waals surface area contributed by atoms with Gasteiger partial charge in [-0.2, -0.15) is 5.26 Å². The van der Waals surface area contributed by atoms with Crippen LogP contribution in [-0.2, 0) is 0 Å². The molecule has 0 bridgehead atoms. The van der Waals surface area contributed by atoms with Crippen LogP contribution in [0.15, 0.2) is 23.4 Å². The molecule has 0 aromatic carbocycles. The van der Waals surface area contributed by atoms with Crippen LogP contribution in [0, 0.1) is 18.3 Å². The summed E-state index contributed by atoms with van der Waals surface area (Å²) in [6.45, 7) is 2.87. The molecule has 1 atom stereocenters. The minimum absolute atomic E-state index is 0.00422. The molecule has 1 saturated heterocycles. The molecule has 7 heteroatoms. The van der Waals surface area contributed by atoms with Gasteiger partial charge in [0.05, 0.1) is 5.56 Å². The average molecular weight is 311 g/mol. The molecule has 1 fully saturated rings. The smallest absolute Gasteiger partial charge is 0.266 e. The maximum Gasteiger partial charge on any atom is 0.266 e. The number of amides is 1. The number of imidazole rings is 1. The van der Waals surface area contributed by atoms with E-state index in [1.807, 2.05) is 6.07 Å². The normalized spacial score (nSPS) is 17.7. The molecule has 0 saturated carbocycles. The van der Waals surface area contributed by atoms with E-state index in [-0.39, 0.29) is 17.4 Å². The summed E-state index contributed by atoms with van der Waals surface area (Å²) >= 11 is 0. The van der Waals surface area contributed by atoms with E-state index in [1.54, 1.807) is 24.2 Å². The van der Waals surface area contributed by atoms with Gasteiger partial charge in [0.15, 0.2) is 0 Å². The molecule has 2 aromatic rings. The Morgan fingerprint density at radius 3 is 3.00 bits per heavy atom. The van der Waals surface area contributed by atoms with Crippen LogP contribution in [0.3, 0.4) is 0 Å². The van der Waals surface area contributed by atoms with E-state index in [0.29, 0.717) is 24.2 Å². The quantitative estimate of drug-likeness (QED) is 0.871. The summed E-state index contributed by atoms with van der Waals surface area (Å²) in [4.78, 5) is 36.0. The van der Waals surface area contributed by atoms with Gasteiger partial charge in [-0.05, 0) is 25.3 Å². The van der Waals surface area contributed by atoms with Crippen molar-refractivity contribution in [1.82, 2.24) is 19.9 Å². The molecule has 2 aromatic heterocycles. The number of nitriles is 1. The molecule has 0 aliphatic carbocycles. The highest BCUT2D eigenvalue weighted by Crippen LogP contribution is 2.25. The predicted octanol–water partition coefficient (Wildman–Crippen LogP) is 1.30. The topological polar surface area (TPSA) is 106 Å². The highest BCUT2D eigenvalue weighted by molar-refractivity contribution is 5.96. The number of piperidine rings is 1. The van der Waals surface area contributed by atoms with Crippen LogP contribution in [0.2, 0.25) is 0 Å². The summed E-state index contributed by atoms with van der Waals surface area (Å²) in [5.41, 5.74) is 0.340. The minimum atomic E-state index is -0.464. The molecule has 3 heterocycles. The number of hydrogen-bond donors (Lipinski definition) is 2. The number of hydrogen-bond acceptors (Lipinski definition) is 4. The molecule has 0 radical (unpaired) electrons. The summed E-state index contributed by atoms with van der Waals surface area (Å²) < 4.78 is 0. The summed E-state index contributed by atoms with van der Waals surface area (Å²) in [5, 5.41) is 9.08. The Hall–Kier alpha value is -2.88. The Morgan fingerprint density at radius 1 is 1.48 bits per heavy atom. The second-order valence-electron chi connectivity index (χ2n) is 5.71. The first-order valence-electron chi connectivity index (χ1n) is 7.52. The Balaban J connectivity index is 1.86. The Labute approximate surface area is 133 Å². The van der Waals surface area contributed by atoms with Crippen molar-refractivity contribution < 1.29 is 4.79 Å². The van der Waals surface area contributed by atoms with Gasteiger partial charge in [-0.3, -0.25) is 9.59 Å². The second kappa shape index (κ2) is 6.08. The molecular formula is C16H17N5O2. The molecule has 7 nitrogen and oxygen atoms in total. The minimum Gasteiger partial charge on any atom is -0.348 e. The number of carbonyl (C=O) groups excluding carboxylic acids is 1. The lowest BCUT2D eigenvalue weighted by atomic mass is 9.96. The van der Waals surface area contributed by atoms with Crippen LogP contribution in [0.25, 0.3) is 0 Å². The van der Waals surface area contributed by atoms with Crippen molar-refractivity contribution in [1.29, 1.82) is 5.26 Å². The lowest BCUT2D eigenvalue weighted by molar-refractivity contribution is 0.0703. The van der Waals surface area contributed by atoms with Gasteiger partial charge in [0, 0.05) is 37.6 Å². The Bertz CT molecular complexity index is 816. The summed E-state index contributed by atoms with van der Waals surface area (Å²) in [5.74, 6) is 0.908. The Kier molecular flexibility index (Phi) is 3.98. The number of likely N-dealkylation sites (tertiary alicyclic amines) is 1. The fraction of sp³-hybridized carbons (Fsp3) is 0.375. The van der Waals surface area contributed by atoms with Crippen molar-refractivity contribution in [2.24, 2.45) is 0 Å². The molecule has 1 aliphatic rings. The number of nitrogens with one attached hydrogen (secondary N) is 2. The Morgan fingerprint density at radius 2 is 2.30 bits per heavy atom. The van der Waals surface area contributed by atoms with Crippen LogP contribution in [0.5, 0.6) is 0 Å². The van der Waals surface area contributed by atoms with E-state index in [9.17, 15) is 9.59 Å². The molecular weight excluding hydrogens is 294 g/mol. The van der Waals surface area contributed by atoms with Gasteiger partial charge in [0.2, 0.25) is 0 Å². The molecule has 23 heavy (non-hydrogen) atoms. The predicted molar refractivity (Wildman–Crippen MR) is 83.0 cm³/mol. The van der Waals surface area contributed by atoms with Crippen LogP contribution in [0.4, 0.5) is 0 Å². The number of carbonyl (C=O) groups is 1. The third kappa shape index (κ3) is 2.75. The summed E-state index contributed by atoms with van der Waals surface area (Å²) in [6.07, 6.45) is 6.76. The van der Waals surface area contributed by atoms with Gasteiger partial charge < -0.3 is 14.9 Å². The van der Waals surface area contributed by atoms with Crippen molar-refractivity contribution in [3.63, 3.8) is 0 Å².